The monoisotopic (exact) mass is 275 g/mol. The molecule has 1 heterocycles. The Bertz CT molecular complexity index is 502. The predicted octanol–water partition coefficient (Wildman–Crippen LogP) is 3.20. The molecule has 0 aliphatic carbocycles. The summed E-state index contributed by atoms with van der Waals surface area (Å²) < 4.78 is 5.94. The van der Waals surface area contributed by atoms with Crippen LogP contribution in [0.3, 0.4) is 0 Å². The molecule has 3 heteroatoms. The highest BCUT2D eigenvalue weighted by molar-refractivity contribution is 5.92. The number of ether oxygens (including phenoxy) is 1. The standard InChI is InChI=1S/C17H25NO2/c1-12-7-9-13(10-8-12)18(6)11-14-15(19)17(4,5)20-16(14,2)3/h7-10,14H,11H2,1-6H3. The first-order valence-electron chi connectivity index (χ1n) is 7.16. The molecule has 1 aliphatic heterocycles. The minimum Gasteiger partial charge on any atom is -0.374 e. The fraction of sp³-hybridized carbons (Fsp3) is 0.588. The van der Waals surface area contributed by atoms with Gasteiger partial charge in [0.1, 0.15) is 5.60 Å². The highest BCUT2D eigenvalue weighted by Gasteiger charge is 2.53. The van der Waals surface area contributed by atoms with E-state index >= 15 is 0 Å². The molecule has 110 valence electrons. The second kappa shape index (κ2) is 4.88. The van der Waals surface area contributed by atoms with Gasteiger partial charge in [0.05, 0.1) is 11.5 Å². The number of hydrogen-bond acceptors (Lipinski definition) is 3. The zero-order valence-electron chi connectivity index (χ0n) is 13.4. The molecule has 1 aliphatic rings. The fourth-order valence-electron chi connectivity index (χ4n) is 3.00. The Morgan fingerprint density at radius 3 is 2.15 bits per heavy atom. The van der Waals surface area contributed by atoms with Crippen LogP contribution in [0.25, 0.3) is 0 Å². The summed E-state index contributed by atoms with van der Waals surface area (Å²) in [5.74, 6) is 0.0882. The molecule has 1 saturated heterocycles. The highest BCUT2D eigenvalue weighted by atomic mass is 16.5. The van der Waals surface area contributed by atoms with E-state index in [0.717, 1.165) is 5.69 Å². The SMILES string of the molecule is Cc1ccc(N(C)CC2C(=O)C(C)(C)OC2(C)C)cc1. The van der Waals surface area contributed by atoms with Crippen LogP contribution in [-0.2, 0) is 9.53 Å². The van der Waals surface area contributed by atoms with Gasteiger partial charge in [-0.2, -0.15) is 0 Å². The number of nitrogens with zero attached hydrogens (tertiary/aromatic N) is 1. The molecule has 1 aromatic rings. The van der Waals surface area contributed by atoms with E-state index in [1.54, 1.807) is 0 Å². The van der Waals surface area contributed by atoms with E-state index in [1.165, 1.54) is 5.56 Å². The van der Waals surface area contributed by atoms with Crippen molar-refractivity contribution in [1.29, 1.82) is 0 Å². The summed E-state index contributed by atoms with van der Waals surface area (Å²) in [6, 6.07) is 8.36. The maximum atomic E-state index is 12.5. The number of rotatable bonds is 3. The quantitative estimate of drug-likeness (QED) is 0.848. The first kappa shape index (κ1) is 15.0. The van der Waals surface area contributed by atoms with Crippen LogP contribution in [0.4, 0.5) is 5.69 Å². The molecule has 1 atom stereocenters. The summed E-state index contributed by atoms with van der Waals surface area (Å²) in [6.45, 7) is 10.5. The number of carbonyl (C=O) groups excluding carboxylic acids is 1. The molecule has 3 nitrogen and oxygen atoms in total. The van der Waals surface area contributed by atoms with Crippen molar-refractivity contribution < 1.29 is 9.53 Å². The van der Waals surface area contributed by atoms with Crippen LogP contribution >= 0.6 is 0 Å². The molecule has 20 heavy (non-hydrogen) atoms. The molecule has 1 fully saturated rings. The van der Waals surface area contributed by atoms with Gasteiger partial charge in [-0.05, 0) is 46.8 Å². The van der Waals surface area contributed by atoms with Crippen molar-refractivity contribution in [3.63, 3.8) is 0 Å². The lowest BCUT2D eigenvalue weighted by Gasteiger charge is -2.29. The van der Waals surface area contributed by atoms with Crippen LogP contribution in [0.1, 0.15) is 33.3 Å². The lowest BCUT2D eigenvalue weighted by molar-refractivity contribution is -0.132. The van der Waals surface area contributed by atoms with Crippen molar-refractivity contribution in [2.24, 2.45) is 5.92 Å². The van der Waals surface area contributed by atoms with Gasteiger partial charge >= 0.3 is 0 Å². The topological polar surface area (TPSA) is 29.5 Å². The summed E-state index contributed by atoms with van der Waals surface area (Å²) in [5.41, 5.74) is 1.27. The molecule has 0 amide bonds. The molecule has 0 aromatic heterocycles. The van der Waals surface area contributed by atoms with Gasteiger partial charge in [0.2, 0.25) is 0 Å². The molecular formula is C17H25NO2. The minimum atomic E-state index is -0.678. The summed E-state index contributed by atoms with van der Waals surface area (Å²) in [6.07, 6.45) is 0. The zero-order valence-corrected chi connectivity index (χ0v) is 13.4. The van der Waals surface area contributed by atoms with E-state index < -0.39 is 11.2 Å². The van der Waals surface area contributed by atoms with E-state index in [2.05, 4.69) is 36.1 Å². The Kier molecular flexibility index (Phi) is 3.67. The van der Waals surface area contributed by atoms with Gasteiger partial charge in [0.25, 0.3) is 0 Å². The van der Waals surface area contributed by atoms with Gasteiger partial charge in [-0.3, -0.25) is 4.79 Å². The highest BCUT2D eigenvalue weighted by Crippen LogP contribution is 2.39. The van der Waals surface area contributed by atoms with E-state index in [0.29, 0.717) is 6.54 Å². The van der Waals surface area contributed by atoms with Crippen molar-refractivity contribution >= 4 is 11.5 Å². The van der Waals surface area contributed by atoms with Crippen molar-refractivity contribution in [2.75, 3.05) is 18.5 Å². The molecule has 1 aromatic carbocycles. The average molecular weight is 275 g/mol. The van der Waals surface area contributed by atoms with Crippen molar-refractivity contribution in [2.45, 2.75) is 45.8 Å². The number of benzene rings is 1. The molecular weight excluding hydrogens is 250 g/mol. The molecule has 1 unspecified atom stereocenters. The number of anilines is 1. The Labute approximate surface area is 121 Å². The minimum absolute atomic E-state index is 0.108. The van der Waals surface area contributed by atoms with E-state index in [4.69, 9.17) is 4.74 Å². The maximum Gasteiger partial charge on any atom is 0.171 e. The smallest absolute Gasteiger partial charge is 0.171 e. The zero-order chi connectivity index (χ0) is 15.1. The molecule has 0 spiro atoms. The summed E-state index contributed by atoms with van der Waals surface area (Å²) in [5, 5.41) is 0. The molecule has 0 saturated carbocycles. The van der Waals surface area contributed by atoms with Gasteiger partial charge in [-0.25, -0.2) is 0 Å². The Balaban J connectivity index is 2.17. The summed E-state index contributed by atoms with van der Waals surface area (Å²) in [7, 11) is 2.03. The van der Waals surface area contributed by atoms with E-state index in [9.17, 15) is 4.79 Å². The largest absolute Gasteiger partial charge is 0.374 e. The van der Waals surface area contributed by atoms with Crippen LogP contribution in [0.15, 0.2) is 24.3 Å². The van der Waals surface area contributed by atoms with Crippen LogP contribution in [0.5, 0.6) is 0 Å². The Morgan fingerprint density at radius 2 is 1.70 bits per heavy atom. The second-order valence-electron chi connectivity index (χ2n) is 6.85. The van der Waals surface area contributed by atoms with E-state index in [-0.39, 0.29) is 11.7 Å². The molecule has 0 N–H and O–H groups in total. The van der Waals surface area contributed by atoms with Gasteiger partial charge in [-0.1, -0.05) is 17.7 Å². The van der Waals surface area contributed by atoms with E-state index in [1.807, 2.05) is 34.7 Å². The van der Waals surface area contributed by atoms with Crippen molar-refractivity contribution in [3.05, 3.63) is 29.8 Å². The molecule has 0 bridgehead atoms. The second-order valence-corrected chi connectivity index (χ2v) is 6.85. The number of hydrogen-bond donors (Lipinski definition) is 0. The van der Waals surface area contributed by atoms with Gasteiger partial charge in [-0.15, -0.1) is 0 Å². The van der Waals surface area contributed by atoms with Gasteiger partial charge in [0, 0.05) is 19.3 Å². The van der Waals surface area contributed by atoms with Crippen LogP contribution in [-0.4, -0.2) is 30.6 Å². The molecule has 2 rings (SSSR count). The average Bonchev–Trinajstić information content (AvgIpc) is 2.48. The number of aryl methyl sites for hydroxylation is 1. The molecule has 0 radical (unpaired) electrons. The normalized spacial score (nSPS) is 23.9. The van der Waals surface area contributed by atoms with Crippen molar-refractivity contribution in [3.8, 4) is 0 Å². The first-order chi connectivity index (χ1) is 9.13. The Hall–Kier alpha value is -1.35. The third-order valence-corrected chi connectivity index (χ3v) is 4.20. The maximum absolute atomic E-state index is 12.5. The summed E-state index contributed by atoms with van der Waals surface area (Å²) >= 11 is 0. The van der Waals surface area contributed by atoms with Gasteiger partial charge in [0.15, 0.2) is 5.78 Å². The first-order valence-corrected chi connectivity index (χ1v) is 7.16. The van der Waals surface area contributed by atoms with Crippen LogP contribution in [0, 0.1) is 12.8 Å². The van der Waals surface area contributed by atoms with Gasteiger partial charge < -0.3 is 9.64 Å². The van der Waals surface area contributed by atoms with Crippen molar-refractivity contribution in [1.82, 2.24) is 0 Å². The Morgan fingerprint density at radius 1 is 1.15 bits per heavy atom. The lowest BCUT2D eigenvalue weighted by Crippen LogP contribution is -2.39. The number of ketones is 1. The number of carbonyl (C=O) groups is 1. The third-order valence-electron chi connectivity index (χ3n) is 4.20. The fourth-order valence-corrected chi connectivity index (χ4v) is 3.00. The van der Waals surface area contributed by atoms with Crippen LogP contribution in [0.2, 0.25) is 0 Å². The summed E-state index contributed by atoms with van der Waals surface area (Å²) in [4.78, 5) is 14.6. The predicted molar refractivity (Wildman–Crippen MR) is 82.2 cm³/mol. The number of Topliss-reactive ketones (excluding diaryl/α,β-unsaturated/α-hetero) is 1. The van der Waals surface area contributed by atoms with Crippen LogP contribution < -0.4 is 4.90 Å². The lowest BCUT2D eigenvalue weighted by atomic mass is 9.85. The third kappa shape index (κ3) is 2.73.